The van der Waals surface area contributed by atoms with Gasteiger partial charge in [-0.2, -0.15) is 0 Å². The van der Waals surface area contributed by atoms with Crippen LogP contribution >= 0.6 is 34.8 Å². The molecule has 4 aliphatic rings. The fraction of sp³-hybridized carbons (Fsp3) is 0.842. The molecule has 5 atom stereocenters. The van der Waals surface area contributed by atoms with Gasteiger partial charge >= 0.3 is 5.97 Å². The smallest absolute Gasteiger partial charge is 0.345 e. The maximum atomic E-state index is 14.0. The number of carbonyl (C=O) groups excluding carboxylic acids is 3. The molecule has 0 aromatic rings. The van der Waals surface area contributed by atoms with Crippen molar-refractivity contribution in [3.63, 3.8) is 0 Å². The van der Waals surface area contributed by atoms with Crippen molar-refractivity contribution in [1.29, 1.82) is 0 Å². The molecule has 7 nitrogen and oxygen atoms in total. The predicted molar refractivity (Wildman–Crippen MR) is 106 cm³/mol. The van der Waals surface area contributed by atoms with Gasteiger partial charge in [-0.15, -0.1) is 0 Å². The number of hydrogen-bond acceptors (Lipinski definition) is 5. The molecule has 0 unspecified atom stereocenters. The summed E-state index contributed by atoms with van der Waals surface area (Å²) in [5.74, 6) is -1.12. The van der Waals surface area contributed by atoms with Crippen LogP contribution in [0.2, 0.25) is 0 Å². The Balaban J connectivity index is 1.81. The highest BCUT2D eigenvalue weighted by molar-refractivity contribution is 6.58. The Hall–Kier alpha value is -0.760. The Morgan fingerprint density at radius 3 is 2.52 bits per heavy atom. The van der Waals surface area contributed by atoms with Crippen LogP contribution in [0.3, 0.4) is 0 Å². The van der Waals surface area contributed by atoms with Crippen LogP contribution in [0.1, 0.15) is 40.0 Å². The van der Waals surface area contributed by atoms with E-state index in [2.05, 4.69) is 13.8 Å². The Morgan fingerprint density at radius 2 is 1.90 bits per heavy atom. The number of amides is 2. The molecule has 4 rings (SSSR count). The minimum Gasteiger partial charge on any atom is -0.461 e. The Bertz CT molecular complexity index is 760. The number of carbonyl (C=O) groups is 3. The highest BCUT2D eigenvalue weighted by Gasteiger charge is 2.71. The molecular formula is C19H25Cl3N2O5. The van der Waals surface area contributed by atoms with Crippen LogP contribution in [0, 0.1) is 16.7 Å². The fourth-order valence-corrected chi connectivity index (χ4v) is 7.10. The normalized spacial score (nSPS) is 40.9. The molecule has 2 saturated heterocycles. The van der Waals surface area contributed by atoms with Crippen molar-refractivity contribution >= 4 is 52.6 Å². The van der Waals surface area contributed by atoms with Crippen molar-refractivity contribution in [2.24, 2.45) is 16.7 Å². The molecule has 0 N–H and O–H groups in total. The monoisotopic (exact) mass is 466 g/mol. The Labute approximate surface area is 184 Å². The summed E-state index contributed by atoms with van der Waals surface area (Å²) >= 11 is 19.4. The first-order chi connectivity index (χ1) is 13.5. The highest BCUT2D eigenvalue weighted by Crippen LogP contribution is 2.67. The minimum atomic E-state index is -2.12. The van der Waals surface area contributed by atoms with Gasteiger partial charge in [0.25, 0.3) is 0 Å². The first-order valence-corrected chi connectivity index (χ1v) is 11.0. The van der Waals surface area contributed by atoms with Crippen LogP contribution in [0.15, 0.2) is 0 Å². The second-order valence-electron chi connectivity index (χ2n) is 9.01. The number of hydrogen-bond donors (Lipinski definition) is 0. The maximum Gasteiger partial charge on any atom is 0.345 e. The number of alkyl halides is 3. The van der Waals surface area contributed by atoms with Gasteiger partial charge in [0.15, 0.2) is 0 Å². The third-order valence-electron chi connectivity index (χ3n) is 7.63. The third kappa shape index (κ3) is 2.76. The summed E-state index contributed by atoms with van der Waals surface area (Å²) in [5, 5.41) is 0. The molecule has 10 heteroatoms. The lowest BCUT2D eigenvalue weighted by Gasteiger charge is -2.43. The number of cyclic esters (lactones) is 1. The van der Waals surface area contributed by atoms with Crippen LogP contribution in [-0.4, -0.2) is 69.4 Å². The maximum absolute atomic E-state index is 14.0. The summed E-state index contributed by atoms with van der Waals surface area (Å²) in [6.45, 7) is 5.54. The van der Waals surface area contributed by atoms with Crippen LogP contribution in [0.25, 0.3) is 0 Å². The van der Waals surface area contributed by atoms with Gasteiger partial charge in [-0.05, 0) is 30.6 Å². The van der Waals surface area contributed by atoms with Crippen molar-refractivity contribution in [3.8, 4) is 0 Å². The van der Waals surface area contributed by atoms with Crippen molar-refractivity contribution < 1.29 is 23.9 Å². The SMILES string of the molecule is CC(=O)N1CN2C(=O)[C@@]34CC[C@@H](C[C@H]3OCCOC(=O)C(Cl)(Cl)[C@@H]1[C@H]2Cl)C4(C)C. The van der Waals surface area contributed by atoms with Gasteiger partial charge in [0.1, 0.15) is 18.1 Å². The first-order valence-electron chi connectivity index (χ1n) is 9.85. The average Bonchev–Trinajstić information content (AvgIpc) is 3.20. The summed E-state index contributed by atoms with van der Waals surface area (Å²) < 4.78 is 9.18. The summed E-state index contributed by atoms with van der Waals surface area (Å²) in [7, 11) is 0. The van der Waals surface area contributed by atoms with Gasteiger partial charge in [-0.25, -0.2) is 4.79 Å². The number of ether oxygens (including phenoxy) is 2. The van der Waals surface area contributed by atoms with Crippen LogP contribution < -0.4 is 0 Å². The molecule has 29 heavy (non-hydrogen) atoms. The van der Waals surface area contributed by atoms with Crippen molar-refractivity contribution in [1.82, 2.24) is 9.80 Å². The molecule has 162 valence electrons. The van der Waals surface area contributed by atoms with Gasteiger partial charge < -0.3 is 19.3 Å². The molecule has 4 bridgehead atoms. The van der Waals surface area contributed by atoms with E-state index in [1.165, 1.54) is 16.7 Å². The molecule has 2 aliphatic heterocycles. The molecule has 2 aliphatic carbocycles. The number of fused-ring (bicyclic) bond motifs is 3. The molecule has 0 aromatic heterocycles. The van der Waals surface area contributed by atoms with E-state index < -0.39 is 27.3 Å². The van der Waals surface area contributed by atoms with Crippen LogP contribution in [0.4, 0.5) is 0 Å². The lowest BCUT2D eigenvalue weighted by Crippen LogP contribution is -2.57. The third-order valence-corrected chi connectivity index (χ3v) is 8.86. The standard InChI is InChI=1S/C19H25Cl3N2O5/c1-10(25)23-9-24-14(20)13(23)19(21,22)16(27)29-7-6-28-12-8-11-4-5-18(12,15(24)26)17(11,2)3/h11-14H,4-9H2,1-3H3/t11-,12+,13-,14-,18+/m0/s1. The van der Waals surface area contributed by atoms with Crippen LogP contribution in [-0.2, 0) is 23.9 Å². The van der Waals surface area contributed by atoms with E-state index >= 15 is 0 Å². The zero-order chi connectivity index (χ0) is 21.4. The minimum absolute atomic E-state index is 0.0463. The van der Waals surface area contributed by atoms with E-state index in [0.29, 0.717) is 12.3 Å². The lowest BCUT2D eigenvalue weighted by molar-refractivity contribution is -0.163. The topological polar surface area (TPSA) is 76.2 Å². The first kappa shape index (κ1) is 21.5. The van der Waals surface area contributed by atoms with Gasteiger partial charge in [0.2, 0.25) is 16.1 Å². The molecule has 1 spiro atoms. The van der Waals surface area contributed by atoms with Gasteiger partial charge in [-0.3, -0.25) is 9.59 Å². The van der Waals surface area contributed by atoms with Crippen molar-refractivity contribution in [2.45, 2.75) is 62.0 Å². The largest absolute Gasteiger partial charge is 0.461 e. The van der Waals surface area contributed by atoms with Crippen molar-refractivity contribution in [2.75, 3.05) is 19.9 Å². The Kier molecular flexibility index (Phi) is 5.09. The van der Waals surface area contributed by atoms with Crippen molar-refractivity contribution in [3.05, 3.63) is 0 Å². The quantitative estimate of drug-likeness (QED) is 0.311. The summed E-state index contributed by atoms with van der Waals surface area (Å²) in [4.78, 5) is 41.6. The van der Waals surface area contributed by atoms with Gasteiger partial charge in [-0.1, -0.05) is 48.7 Å². The second-order valence-corrected chi connectivity index (χ2v) is 10.8. The molecule has 4 fully saturated rings. The molecule has 0 radical (unpaired) electrons. The zero-order valence-corrected chi connectivity index (χ0v) is 18.9. The van der Waals surface area contributed by atoms with E-state index in [0.717, 1.165) is 12.8 Å². The predicted octanol–water partition coefficient (Wildman–Crippen LogP) is 2.51. The highest BCUT2D eigenvalue weighted by atomic mass is 35.5. The zero-order valence-electron chi connectivity index (χ0n) is 16.6. The van der Waals surface area contributed by atoms with Gasteiger partial charge in [0, 0.05) is 6.92 Å². The van der Waals surface area contributed by atoms with E-state index in [9.17, 15) is 14.4 Å². The Morgan fingerprint density at radius 1 is 1.21 bits per heavy atom. The van der Waals surface area contributed by atoms with E-state index in [1.807, 2.05) is 0 Å². The number of esters is 1. The van der Waals surface area contributed by atoms with Crippen LogP contribution in [0.5, 0.6) is 0 Å². The molecule has 0 aromatic carbocycles. The number of rotatable bonds is 0. The summed E-state index contributed by atoms with van der Waals surface area (Å²) in [6, 6.07) is -1.13. The van der Waals surface area contributed by atoms with E-state index in [-0.39, 0.29) is 43.2 Å². The molecule has 2 saturated carbocycles. The molecule has 2 heterocycles. The lowest BCUT2D eigenvalue weighted by atomic mass is 9.67. The van der Waals surface area contributed by atoms with E-state index in [1.54, 1.807) is 0 Å². The number of halogens is 3. The van der Waals surface area contributed by atoms with Gasteiger partial charge in [0.05, 0.1) is 24.8 Å². The second kappa shape index (κ2) is 6.87. The fourth-order valence-electron chi connectivity index (χ4n) is 5.91. The number of nitrogens with zero attached hydrogens (tertiary/aromatic N) is 2. The summed E-state index contributed by atoms with van der Waals surface area (Å²) in [5.41, 5.74) is -2.12. The average molecular weight is 468 g/mol. The van der Waals surface area contributed by atoms with E-state index in [4.69, 9.17) is 44.3 Å². The molecular weight excluding hydrogens is 443 g/mol. The summed E-state index contributed by atoms with van der Waals surface area (Å²) in [6.07, 6.45) is 2.09. The molecule has 2 amide bonds.